The summed E-state index contributed by atoms with van der Waals surface area (Å²) in [6.45, 7) is 3.84. The molecule has 1 heterocycles. The fourth-order valence-corrected chi connectivity index (χ4v) is 2.48. The number of benzene rings is 1. The Labute approximate surface area is 109 Å². The number of hydrogen-bond donors (Lipinski definition) is 1. The molecule has 2 rings (SSSR count). The molecule has 1 aromatic carbocycles. The number of hydrogen-bond acceptors (Lipinski definition) is 4. The summed E-state index contributed by atoms with van der Waals surface area (Å²) in [6.07, 6.45) is 0. The van der Waals surface area contributed by atoms with Crippen molar-refractivity contribution < 1.29 is 4.42 Å². The number of halogens is 1. The standard InChI is InChI=1S/C12H13ClN2OS/c1-7-8(2)16-12(15-7)6-17-11-5-9(14)3-4-10(11)13/h3-5H,6,14H2,1-2H3. The van der Waals surface area contributed by atoms with Gasteiger partial charge in [0.25, 0.3) is 0 Å². The first kappa shape index (κ1) is 12.3. The maximum absolute atomic E-state index is 6.07. The Morgan fingerprint density at radius 2 is 2.18 bits per heavy atom. The summed E-state index contributed by atoms with van der Waals surface area (Å²) in [5.41, 5.74) is 7.35. The molecule has 0 aliphatic carbocycles. The molecule has 0 fully saturated rings. The first-order valence-corrected chi connectivity index (χ1v) is 6.53. The van der Waals surface area contributed by atoms with Gasteiger partial charge in [-0.25, -0.2) is 4.98 Å². The smallest absolute Gasteiger partial charge is 0.204 e. The number of aromatic nitrogens is 1. The van der Waals surface area contributed by atoms with Crippen LogP contribution in [-0.2, 0) is 5.75 Å². The molecule has 0 atom stereocenters. The van der Waals surface area contributed by atoms with Crippen molar-refractivity contribution in [2.45, 2.75) is 24.5 Å². The second kappa shape index (κ2) is 5.02. The summed E-state index contributed by atoms with van der Waals surface area (Å²) >= 11 is 7.64. The highest BCUT2D eigenvalue weighted by Gasteiger charge is 2.08. The molecule has 1 aromatic heterocycles. The van der Waals surface area contributed by atoms with E-state index in [0.29, 0.717) is 22.4 Å². The number of nitrogens with two attached hydrogens (primary N) is 1. The van der Waals surface area contributed by atoms with Crippen molar-refractivity contribution in [3.05, 3.63) is 40.6 Å². The van der Waals surface area contributed by atoms with E-state index >= 15 is 0 Å². The third kappa shape index (κ3) is 2.96. The van der Waals surface area contributed by atoms with Gasteiger partial charge in [0.15, 0.2) is 0 Å². The summed E-state index contributed by atoms with van der Waals surface area (Å²) in [5, 5.41) is 0.698. The minimum Gasteiger partial charge on any atom is -0.445 e. The Morgan fingerprint density at radius 3 is 2.82 bits per heavy atom. The number of nitrogens with zero attached hydrogens (tertiary/aromatic N) is 1. The second-order valence-corrected chi connectivity index (χ2v) is 5.15. The number of thioether (sulfide) groups is 1. The van der Waals surface area contributed by atoms with Crippen LogP contribution in [0.5, 0.6) is 0 Å². The Bertz CT molecular complexity index is 520. The monoisotopic (exact) mass is 268 g/mol. The van der Waals surface area contributed by atoms with E-state index in [9.17, 15) is 0 Å². The second-order valence-electron chi connectivity index (χ2n) is 3.73. The number of oxazole rings is 1. The molecule has 3 nitrogen and oxygen atoms in total. The van der Waals surface area contributed by atoms with Crippen molar-refractivity contribution in [3.63, 3.8) is 0 Å². The molecule has 0 amide bonds. The van der Waals surface area contributed by atoms with E-state index in [2.05, 4.69) is 4.98 Å². The molecule has 0 aliphatic rings. The number of nitrogen functional groups attached to an aromatic ring is 1. The zero-order valence-corrected chi connectivity index (χ0v) is 11.2. The zero-order valence-electron chi connectivity index (χ0n) is 9.66. The van der Waals surface area contributed by atoms with Gasteiger partial charge in [0.05, 0.1) is 16.5 Å². The molecule has 0 aliphatic heterocycles. The van der Waals surface area contributed by atoms with Crippen LogP contribution >= 0.6 is 23.4 Å². The number of anilines is 1. The van der Waals surface area contributed by atoms with Gasteiger partial charge in [-0.15, -0.1) is 11.8 Å². The van der Waals surface area contributed by atoms with Gasteiger partial charge in [0, 0.05) is 10.6 Å². The lowest BCUT2D eigenvalue weighted by Gasteiger charge is -2.03. The van der Waals surface area contributed by atoms with Crippen LogP contribution in [0.15, 0.2) is 27.5 Å². The quantitative estimate of drug-likeness (QED) is 0.679. The third-order valence-electron chi connectivity index (χ3n) is 2.38. The summed E-state index contributed by atoms with van der Waals surface area (Å²) in [4.78, 5) is 5.26. The van der Waals surface area contributed by atoms with Crippen LogP contribution in [0.3, 0.4) is 0 Å². The van der Waals surface area contributed by atoms with Gasteiger partial charge in [-0.1, -0.05) is 11.6 Å². The first-order valence-electron chi connectivity index (χ1n) is 5.17. The van der Waals surface area contributed by atoms with Gasteiger partial charge in [-0.05, 0) is 32.0 Å². The molecule has 0 unspecified atom stereocenters. The normalized spacial score (nSPS) is 10.8. The van der Waals surface area contributed by atoms with Crippen LogP contribution in [0.25, 0.3) is 0 Å². The number of aryl methyl sites for hydroxylation is 2. The van der Waals surface area contributed by atoms with E-state index in [4.69, 9.17) is 21.8 Å². The molecule has 0 spiro atoms. The molecule has 90 valence electrons. The van der Waals surface area contributed by atoms with Crippen molar-refractivity contribution in [1.82, 2.24) is 4.98 Å². The summed E-state index contributed by atoms with van der Waals surface area (Å²) in [6, 6.07) is 5.44. The molecular weight excluding hydrogens is 256 g/mol. The predicted molar refractivity (Wildman–Crippen MR) is 71.4 cm³/mol. The lowest BCUT2D eigenvalue weighted by Crippen LogP contribution is -1.86. The molecule has 2 N–H and O–H groups in total. The van der Waals surface area contributed by atoms with Gasteiger partial charge in [-0.3, -0.25) is 0 Å². The van der Waals surface area contributed by atoms with Crippen LogP contribution in [0, 0.1) is 13.8 Å². The molecule has 0 radical (unpaired) electrons. The summed E-state index contributed by atoms with van der Waals surface area (Å²) < 4.78 is 5.50. The topological polar surface area (TPSA) is 52.0 Å². The van der Waals surface area contributed by atoms with Crippen molar-refractivity contribution in [2.75, 3.05) is 5.73 Å². The van der Waals surface area contributed by atoms with Crippen molar-refractivity contribution in [3.8, 4) is 0 Å². The Hall–Kier alpha value is -1.13. The van der Waals surface area contributed by atoms with E-state index in [1.807, 2.05) is 19.9 Å². The zero-order chi connectivity index (χ0) is 12.4. The Morgan fingerprint density at radius 1 is 1.41 bits per heavy atom. The third-order valence-corrected chi connectivity index (χ3v) is 3.86. The minimum atomic E-state index is 0.651. The van der Waals surface area contributed by atoms with Crippen molar-refractivity contribution in [1.29, 1.82) is 0 Å². The van der Waals surface area contributed by atoms with Gasteiger partial charge >= 0.3 is 0 Å². The highest BCUT2D eigenvalue weighted by molar-refractivity contribution is 7.98. The lowest BCUT2D eigenvalue weighted by atomic mass is 10.3. The average Bonchev–Trinajstić information content (AvgIpc) is 2.60. The lowest BCUT2D eigenvalue weighted by molar-refractivity contribution is 0.489. The summed E-state index contributed by atoms with van der Waals surface area (Å²) in [5.74, 6) is 2.22. The molecule has 5 heteroatoms. The Balaban J connectivity index is 2.09. The largest absolute Gasteiger partial charge is 0.445 e. The fourth-order valence-electron chi connectivity index (χ4n) is 1.37. The summed E-state index contributed by atoms with van der Waals surface area (Å²) in [7, 11) is 0. The molecule has 0 bridgehead atoms. The van der Waals surface area contributed by atoms with Crippen molar-refractivity contribution in [2.24, 2.45) is 0 Å². The number of rotatable bonds is 3. The molecular formula is C12H13ClN2OS. The molecule has 17 heavy (non-hydrogen) atoms. The molecule has 2 aromatic rings. The van der Waals surface area contributed by atoms with Gasteiger partial charge in [-0.2, -0.15) is 0 Å². The van der Waals surface area contributed by atoms with E-state index in [-0.39, 0.29) is 0 Å². The fraction of sp³-hybridized carbons (Fsp3) is 0.250. The van der Waals surface area contributed by atoms with Gasteiger partial charge in [0.1, 0.15) is 5.76 Å². The molecule has 0 saturated heterocycles. The van der Waals surface area contributed by atoms with Crippen LogP contribution < -0.4 is 5.73 Å². The Kier molecular flexibility index (Phi) is 3.64. The average molecular weight is 269 g/mol. The predicted octanol–water partition coefficient (Wildman–Crippen LogP) is 3.82. The highest BCUT2D eigenvalue weighted by Crippen LogP contribution is 2.31. The minimum absolute atomic E-state index is 0.651. The van der Waals surface area contributed by atoms with E-state index in [1.54, 1.807) is 23.9 Å². The van der Waals surface area contributed by atoms with Crippen LogP contribution in [-0.4, -0.2) is 4.98 Å². The maximum atomic E-state index is 6.07. The molecule has 0 saturated carbocycles. The highest BCUT2D eigenvalue weighted by atomic mass is 35.5. The van der Waals surface area contributed by atoms with E-state index in [1.165, 1.54) is 0 Å². The van der Waals surface area contributed by atoms with E-state index < -0.39 is 0 Å². The van der Waals surface area contributed by atoms with Crippen LogP contribution in [0.4, 0.5) is 5.69 Å². The van der Waals surface area contributed by atoms with E-state index in [0.717, 1.165) is 16.3 Å². The van der Waals surface area contributed by atoms with Crippen LogP contribution in [0.2, 0.25) is 5.02 Å². The maximum Gasteiger partial charge on any atom is 0.204 e. The van der Waals surface area contributed by atoms with Crippen LogP contribution in [0.1, 0.15) is 17.3 Å². The first-order chi connectivity index (χ1) is 8.06. The SMILES string of the molecule is Cc1nc(CSc2cc(N)ccc2Cl)oc1C. The van der Waals surface area contributed by atoms with Gasteiger partial charge < -0.3 is 10.2 Å². The van der Waals surface area contributed by atoms with Crippen molar-refractivity contribution >= 4 is 29.1 Å². The van der Waals surface area contributed by atoms with Gasteiger partial charge in [0.2, 0.25) is 5.89 Å².